The standard InChI is InChI=1S/C14H22ClNO/c1-5-10-16-13(14(2,3)17-4)11-6-8-12(15)9-7-11/h6-9,13,16H,5,10H2,1-4H3. The SMILES string of the molecule is CCCNC(c1ccc(Cl)cc1)C(C)(C)OC. The molecule has 0 saturated heterocycles. The number of halogens is 1. The normalized spacial score (nSPS) is 13.7. The van der Waals surface area contributed by atoms with E-state index in [4.69, 9.17) is 16.3 Å². The van der Waals surface area contributed by atoms with Crippen molar-refractivity contribution >= 4 is 11.6 Å². The number of nitrogens with one attached hydrogen (secondary N) is 1. The van der Waals surface area contributed by atoms with Gasteiger partial charge in [0, 0.05) is 12.1 Å². The second-order valence-corrected chi connectivity index (χ2v) is 5.18. The van der Waals surface area contributed by atoms with Crippen LogP contribution in [0.15, 0.2) is 24.3 Å². The van der Waals surface area contributed by atoms with Crippen LogP contribution in [0.3, 0.4) is 0 Å². The van der Waals surface area contributed by atoms with E-state index in [1.807, 2.05) is 12.1 Å². The number of hydrogen-bond acceptors (Lipinski definition) is 2. The summed E-state index contributed by atoms with van der Waals surface area (Å²) in [5.74, 6) is 0. The first kappa shape index (κ1) is 14.5. The van der Waals surface area contributed by atoms with Crippen LogP contribution >= 0.6 is 11.6 Å². The maximum absolute atomic E-state index is 5.92. The second kappa shape index (κ2) is 6.39. The zero-order valence-corrected chi connectivity index (χ0v) is 11.8. The summed E-state index contributed by atoms with van der Waals surface area (Å²) < 4.78 is 5.59. The monoisotopic (exact) mass is 255 g/mol. The Bertz CT molecular complexity index is 335. The Kier molecular flexibility index (Phi) is 5.44. The van der Waals surface area contributed by atoms with E-state index >= 15 is 0 Å². The number of hydrogen-bond donors (Lipinski definition) is 1. The Balaban J connectivity index is 2.93. The minimum Gasteiger partial charge on any atom is -0.377 e. The van der Waals surface area contributed by atoms with Gasteiger partial charge in [-0.2, -0.15) is 0 Å². The molecule has 96 valence electrons. The van der Waals surface area contributed by atoms with Gasteiger partial charge in [-0.1, -0.05) is 30.7 Å². The molecule has 1 N–H and O–H groups in total. The molecular weight excluding hydrogens is 234 g/mol. The minimum atomic E-state index is -0.247. The van der Waals surface area contributed by atoms with E-state index in [9.17, 15) is 0 Å². The van der Waals surface area contributed by atoms with Crippen molar-refractivity contribution in [2.24, 2.45) is 0 Å². The van der Waals surface area contributed by atoms with Gasteiger partial charge in [-0.15, -0.1) is 0 Å². The highest BCUT2D eigenvalue weighted by Gasteiger charge is 2.29. The van der Waals surface area contributed by atoms with E-state index in [2.05, 4.69) is 38.2 Å². The highest BCUT2D eigenvalue weighted by molar-refractivity contribution is 6.30. The summed E-state index contributed by atoms with van der Waals surface area (Å²) in [6.45, 7) is 7.32. The van der Waals surface area contributed by atoms with Crippen LogP contribution in [0.5, 0.6) is 0 Å². The third-order valence-electron chi connectivity index (χ3n) is 3.02. The van der Waals surface area contributed by atoms with E-state index in [0.29, 0.717) is 0 Å². The molecule has 0 spiro atoms. The molecule has 1 aromatic carbocycles. The topological polar surface area (TPSA) is 21.3 Å². The molecular formula is C14H22ClNO. The summed E-state index contributed by atoms with van der Waals surface area (Å²) >= 11 is 5.92. The van der Waals surface area contributed by atoms with Gasteiger partial charge in [0.2, 0.25) is 0 Å². The van der Waals surface area contributed by atoms with E-state index < -0.39 is 0 Å². The van der Waals surface area contributed by atoms with Gasteiger partial charge in [-0.3, -0.25) is 0 Å². The van der Waals surface area contributed by atoms with Crippen molar-refractivity contribution in [2.45, 2.75) is 38.8 Å². The summed E-state index contributed by atoms with van der Waals surface area (Å²) in [7, 11) is 1.75. The van der Waals surface area contributed by atoms with Gasteiger partial charge < -0.3 is 10.1 Å². The van der Waals surface area contributed by atoms with Crippen molar-refractivity contribution in [2.75, 3.05) is 13.7 Å². The Morgan fingerprint density at radius 3 is 2.35 bits per heavy atom. The van der Waals surface area contributed by atoms with Gasteiger partial charge in [-0.05, 0) is 44.5 Å². The largest absolute Gasteiger partial charge is 0.377 e. The molecule has 0 saturated carbocycles. The number of methoxy groups -OCH3 is 1. The lowest BCUT2D eigenvalue weighted by Gasteiger charge is -2.34. The van der Waals surface area contributed by atoms with E-state index in [1.54, 1.807) is 7.11 Å². The van der Waals surface area contributed by atoms with Gasteiger partial charge in [-0.25, -0.2) is 0 Å². The lowest BCUT2D eigenvalue weighted by Crippen LogP contribution is -2.41. The molecule has 3 heteroatoms. The molecule has 2 nitrogen and oxygen atoms in total. The number of benzene rings is 1. The van der Waals surface area contributed by atoms with E-state index in [-0.39, 0.29) is 11.6 Å². The summed E-state index contributed by atoms with van der Waals surface area (Å²) in [6.07, 6.45) is 1.10. The molecule has 0 aliphatic heterocycles. The Hall–Kier alpha value is -0.570. The fourth-order valence-electron chi connectivity index (χ4n) is 1.83. The Morgan fingerprint density at radius 2 is 1.88 bits per heavy atom. The first-order valence-corrected chi connectivity index (χ1v) is 6.43. The van der Waals surface area contributed by atoms with Crippen LogP contribution in [0.4, 0.5) is 0 Å². The smallest absolute Gasteiger partial charge is 0.0816 e. The molecule has 0 radical (unpaired) electrons. The summed E-state index contributed by atoms with van der Waals surface area (Å²) in [5, 5.41) is 4.29. The first-order chi connectivity index (χ1) is 8.01. The molecule has 0 aliphatic carbocycles. The fraction of sp³-hybridized carbons (Fsp3) is 0.571. The van der Waals surface area contributed by atoms with Crippen LogP contribution in [0.1, 0.15) is 38.8 Å². The van der Waals surface area contributed by atoms with Crippen molar-refractivity contribution in [3.8, 4) is 0 Å². The number of ether oxygens (including phenoxy) is 1. The van der Waals surface area contributed by atoms with Crippen molar-refractivity contribution in [1.82, 2.24) is 5.32 Å². The quantitative estimate of drug-likeness (QED) is 0.835. The lowest BCUT2D eigenvalue weighted by atomic mass is 9.91. The molecule has 0 amide bonds. The number of rotatable bonds is 6. The average Bonchev–Trinajstić information content (AvgIpc) is 2.31. The fourth-order valence-corrected chi connectivity index (χ4v) is 1.95. The van der Waals surface area contributed by atoms with Crippen molar-refractivity contribution < 1.29 is 4.74 Å². The van der Waals surface area contributed by atoms with Gasteiger partial charge in [0.05, 0.1) is 11.6 Å². The van der Waals surface area contributed by atoms with Gasteiger partial charge in [0.1, 0.15) is 0 Å². The van der Waals surface area contributed by atoms with Crippen LogP contribution in [0, 0.1) is 0 Å². The summed E-state index contributed by atoms with van der Waals surface area (Å²) in [4.78, 5) is 0. The first-order valence-electron chi connectivity index (χ1n) is 6.05. The highest BCUT2D eigenvalue weighted by atomic mass is 35.5. The molecule has 1 unspecified atom stereocenters. The second-order valence-electron chi connectivity index (χ2n) is 4.75. The van der Waals surface area contributed by atoms with Gasteiger partial charge in [0.15, 0.2) is 0 Å². The summed E-state index contributed by atoms with van der Waals surface area (Å²) in [6, 6.07) is 8.11. The third-order valence-corrected chi connectivity index (χ3v) is 3.28. The molecule has 0 heterocycles. The molecule has 1 rings (SSSR count). The van der Waals surface area contributed by atoms with Gasteiger partial charge >= 0.3 is 0 Å². The lowest BCUT2D eigenvalue weighted by molar-refractivity contribution is -0.0110. The molecule has 0 fully saturated rings. The van der Waals surface area contributed by atoms with Crippen molar-refractivity contribution in [3.05, 3.63) is 34.9 Å². The maximum Gasteiger partial charge on any atom is 0.0816 e. The predicted octanol–water partition coefficient (Wildman–Crippen LogP) is 3.81. The van der Waals surface area contributed by atoms with Crippen molar-refractivity contribution in [1.29, 1.82) is 0 Å². The van der Waals surface area contributed by atoms with Crippen LogP contribution in [0.2, 0.25) is 5.02 Å². The van der Waals surface area contributed by atoms with E-state index in [0.717, 1.165) is 18.0 Å². The zero-order chi connectivity index (χ0) is 12.9. The predicted molar refractivity (Wildman–Crippen MR) is 73.6 cm³/mol. The van der Waals surface area contributed by atoms with Crippen molar-refractivity contribution in [3.63, 3.8) is 0 Å². The zero-order valence-electron chi connectivity index (χ0n) is 11.1. The molecule has 1 aromatic rings. The molecule has 0 aromatic heterocycles. The molecule has 0 aliphatic rings. The summed E-state index contributed by atoms with van der Waals surface area (Å²) in [5.41, 5.74) is 0.956. The average molecular weight is 256 g/mol. The molecule has 1 atom stereocenters. The van der Waals surface area contributed by atoms with Crippen LogP contribution in [0.25, 0.3) is 0 Å². The minimum absolute atomic E-state index is 0.171. The highest BCUT2D eigenvalue weighted by Crippen LogP contribution is 2.29. The third kappa shape index (κ3) is 3.98. The molecule has 17 heavy (non-hydrogen) atoms. The van der Waals surface area contributed by atoms with Crippen LogP contribution in [-0.2, 0) is 4.74 Å². The van der Waals surface area contributed by atoms with Crippen LogP contribution < -0.4 is 5.32 Å². The van der Waals surface area contributed by atoms with Gasteiger partial charge in [0.25, 0.3) is 0 Å². The Morgan fingerprint density at radius 1 is 1.29 bits per heavy atom. The molecule has 0 bridgehead atoms. The Labute approximate surface area is 109 Å². The van der Waals surface area contributed by atoms with Crippen LogP contribution in [-0.4, -0.2) is 19.3 Å². The van der Waals surface area contributed by atoms with E-state index in [1.165, 1.54) is 5.56 Å². The maximum atomic E-state index is 5.92.